The van der Waals surface area contributed by atoms with Gasteiger partial charge in [0, 0.05) is 0 Å². The summed E-state index contributed by atoms with van der Waals surface area (Å²) in [7, 11) is 0. The van der Waals surface area contributed by atoms with Crippen molar-refractivity contribution in [3.63, 3.8) is 0 Å². The molecule has 3 atom stereocenters. The zero-order valence-corrected chi connectivity index (χ0v) is 7.12. The van der Waals surface area contributed by atoms with Gasteiger partial charge in [-0.2, -0.15) is 0 Å². The third-order valence-corrected chi connectivity index (χ3v) is 3.32. The molecule has 1 aliphatic carbocycles. The summed E-state index contributed by atoms with van der Waals surface area (Å²) in [4.78, 5) is 10.9. The van der Waals surface area contributed by atoms with Crippen molar-refractivity contribution < 1.29 is 9.90 Å². The molecule has 3 heteroatoms. The van der Waals surface area contributed by atoms with Gasteiger partial charge < -0.3 is 10.4 Å². The Morgan fingerprint density at radius 3 is 2.92 bits per heavy atom. The first-order valence-corrected chi connectivity index (χ1v) is 4.72. The molecule has 2 aliphatic rings. The number of aliphatic carboxylic acids is 1. The van der Waals surface area contributed by atoms with Crippen molar-refractivity contribution in [3.8, 4) is 0 Å². The lowest BCUT2D eigenvalue weighted by molar-refractivity contribution is -0.145. The number of hydrogen-bond donors (Lipinski definition) is 2. The fraction of sp³-hybridized carbons (Fsp3) is 0.889. The van der Waals surface area contributed by atoms with Gasteiger partial charge in [-0.3, -0.25) is 4.79 Å². The second kappa shape index (κ2) is 3.05. The highest BCUT2D eigenvalue weighted by molar-refractivity contribution is 5.70. The molecular formula is C9H15NO2. The number of carbonyl (C=O) groups is 1. The van der Waals surface area contributed by atoms with E-state index in [1.54, 1.807) is 0 Å². The van der Waals surface area contributed by atoms with Crippen molar-refractivity contribution >= 4 is 5.97 Å². The summed E-state index contributed by atoms with van der Waals surface area (Å²) in [6.45, 7) is 1.95. The molecule has 68 valence electrons. The maximum Gasteiger partial charge on any atom is 0.306 e. The van der Waals surface area contributed by atoms with Crippen molar-refractivity contribution in [1.29, 1.82) is 0 Å². The van der Waals surface area contributed by atoms with Gasteiger partial charge in [0.25, 0.3) is 0 Å². The number of carboxylic acid groups (broad SMARTS) is 1. The van der Waals surface area contributed by atoms with Crippen LogP contribution in [-0.4, -0.2) is 24.2 Å². The second-order valence-corrected chi connectivity index (χ2v) is 3.96. The van der Waals surface area contributed by atoms with Gasteiger partial charge in [0.05, 0.1) is 5.92 Å². The number of fused-ring (bicyclic) bond motifs is 1. The molecule has 12 heavy (non-hydrogen) atoms. The molecule has 0 aromatic rings. The van der Waals surface area contributed by atoms with E-state index in [2.05, 4.69) is 5.32 Å². The summed E-state index contributed by atoms with van der Waals surface area (Å²) < 4.78 is 0. The molecule has 0 aromatic heterocycles. The molecule has 0 unspecified atom stereocenters. The number of hydrogen-bond acceptors (Lipinski definition) is 2. The Kier molecular flexibility index (Phi) is 2.05. The topological polar surface area (TPSA) is 49.3 Å². The van der Waals surface area contributed by atoms with Gasteiger partial charge in [0.2, 0.25) is 0 Å². The van der Waals surface area contributed by atoms with Crippen molar-refractivity contribution in [2.45, 2.75) is 19.3 Å². The molecule has 1 saturated carbocycles. The maximum absolute atomic E-state index is 10.9. The Balaban J connectivity index is 2.08. The van der Waals surface area contributed by atoms with Gasteiger partial charge in [0.15, 0.2) is 0 Å². The Morgan fingerprint density at radius 2 is 2.17 bits per heavy atom. The largest absolute Gasteiger partial charge is 0.481 e. The van der Waals surface area contributed by atoms with E-state index in [4.69, 9.17) is 5.11 Å². The van der Waals surface area contributed by atoms with Crippen molar-refractivity contribution in [2.75, 3.05) is 13.1 Å². The van der Waals surface area contributed by atoms with Crippen molar-refractivity contribution in [1.82, 2.24) is 5.32 Å². The zero-order chi connectivity index (χ0) is 8.55. The average molecular weight is 169 g/mol. The van der Waals surface area contributed by atoms with Crippen LogP contribution in [0.15, 0.2) is 0 Å². The van der Waals surface area contributed by atoms with E-state index in [1.165, 1.54) is 6.42 Å². The Hall–Kier alpha value is -0.570. The van der Waals surface area contributed by atoms with E-state index in [0.29, 0.717) is 11.8 Å². The lowest BCUT2D eigenvalue weighted by atomic mass is 9.74. The van der Waals surface area contributed by atoms with Crippen LogP contribution in [0.2, 0.25) is 0 Å². The molecule has 0 bridgehead atoms. The average Bonchev–Trinajstić information content (AvgIpc) is 2.49. The van der Waals surface area contributed by atoms with Gasteiger partial charge >= 0.3 is 5.97 Å². The quantitative estimate of drug-likeness (QED) is 0.607. The zero-order valence-electron chi connectivity index (χ0n) is 7.12. The summed E-state index contributed by atoms with van der Waals surface area (Å²) in [5.41, 5.74) is 0. The molecule has 1 heterocycles. The third-order valence-electron chi connectivity index (χ3n) is 3.32. The summed E-state index contributed by atoms with van der Waals surface area (Å²) in [5, 5.41) is 12.2. The van der Waals surface area contributed by atoms with Gasteiger partial charge in [-0.15, -0.1) is 0 Å². The van der Waals surface area contributed by atoms with Gasteiger partial charge in [0.1, 0.15) is 0 Å². The molecule has 0 aromatic carbocycles. The summed E-state index contributed by atoms with van der Waals surface area (Å²) in [6, 6.07) is 0. The van der Waals surface area contributed by atoms with Crippen LogP contribution in [0.1, 0.15) is 19.3 Å². The molecule has 2 N–H and O–H groups in total. The summed E-state index contributed by atoms with van der Waals surface area (Å²) in [6.07, 6.45) is 3.21. The van der Waals surface area contributed by atoms with Crippen LogP contribution in [0.5, 0.6) is 0 Å². The number of rotatable bonds is 1. The molecule has 2 fully saturated rings. The van der Waals surface area contributed by atoms with E-state index < -0.39 is 5.97 Å². The molecule has 0 radical (unpaired) electrons. The molecule has 2 rings (SSSR count). The number of carboxylic acids is 1. The fourth-order valence-corrected chi connectivity index (χ4v) is 2.66. The van der Waals surface area contributed by atoms with Crippen LogP contribution in [-0.2, 0) is 4.79 Å². The van der Waals surface area contributed by atoms with Gasteiger partial charge in [-0.1, -0.05) is 6.42 Å². The summed E-state index contributed by atoms with van der Waals surface area (Å²) in [5.74, 6) is 0.392. The lowest BCUT2D eigenvalue weighted by Gasteiger charge is -2.29. The van der Waals surface area contributed by atoms with Crippen molar-refractivity contribution in [2.24, 2.45) is 17.8 Å². The van der Waals surface area contributed by atoms with Crippen LogP contribution < -0.4 is 5.32 Å². The fourth-order valence-electron chi connectivity index (χ4n) is 2.66. The Morgan fingerprint density at radius 1 is 1.33 bits per heavy atom. The predicted octanol–water partition coefficient (Wildman–Crippen LogP) is 0.707. The minimum Gasteiger partial charge on any atom is -0.481 e. The highest BCUT2D eigenvalue weighted by atomic mass is 16.4. The standard InChI is InChI=1S/C9H15NO2/c11-9(12)7-3-1-2-6-4-10-5-8(6)7/h6-8,10H,1-5H2,(H,11,12)/t6-,7-,8+/m1/s1. The molecular weight excluding hydrogens is 154 g/mol. The van der Waals surface area contributed by atoms with E-state index in [-0.39, 0.29) is 5.92 Å². The summed E-state index contributed by atoms with van der Waals surface area (Å²) >= 11 is 0. The Bertz CT molecular complexity index is 193. The van der Waals surface area contributed by atoms with Crippen LogP contribution in [0.25, 0.3) is 0 Å². The van der Waals surface area contributed by atoms with E-state index in [1.807, 2.05) is 0 Å². The van der Waals surface area contributed by atoms with Gasteiger partial charge in [-0.05, 0) is 37.8 Å². The normalized spacial score (nSPS) is 40.8. The van der Waals surface area contributed by atoms with Crippen molar-refractivity contribution in [3.05, 3.63) is 0 Å². The molecule has 1 saturated heterocycles. The first-order chi connectivity index (χ1) is 5.79. The second-order valence-electron chi connectivity index (χ2n) is 3.96. The SMILES string of the molecule is O=C(O)[C@@H]1CCC[C@@H]2CNC[C@@H]21. The van der Waals surface area contributed by atoms with Crippen LogP contribution in [0, 0.1) is 17.8 Å². The Labute approximate surface area is 72.2 Å². The monoisotopic (exact) mass is 169 g/mol. The molecule has 0 amide bonds. The maximum atomic E-state index is 10.9. The molecule has 3 nitrogen and oxygen atoms in total. The van der Waals surface area contributed by atoms with E-state index >= 15 is 0 Å². The smallest absolute Gasteiger partial charge is 0.306 e. The molecule has 1 aliphatic heterocycles. The third kappa shape index (κ3) is 1.22. The first-order valence-electron chi connectivity index (χ1n) is 4.72. The first kappa shape index (κ1) is 8.05. The minimum atomic E-state index is -0.589. The van der Waals surface area contributed by atoms with Gasteiger partial charge in [-0.25, -0.2) is 0 Å². The van der Waals surface area contributed by atoms with Crippen LogP contribution in [0.4, 0.5) is 0 Å². The predicted molar refractivity (Wildman–Crippen MR) is 44.8 cm³/mol. The number of nitrogens with one attached hydrogen (secondary N) is 1. The highest BCUT2D eigenvalue weighted by Gasteiger charge is 2.39. The van der Waals surface area contributed by atoms with Crippen LogP contribution >= 0.6 is 0 Å². The highest BCUT2D eigenvalue weighted by Crippen LogP contribution is 2.36. The van der Waals surface area contributed by atoms with E-state index in [0.717, 1.165) is 25.9 Å². The van der Waals surface area contributed by atoms with Crippen LogP contribution in [0.3, 0.4) is 0 Å². The van der Waals surface area contributed by atoms with E-state index in [9.17, 15) is 4.79 Å². The minimum absolute atomic E-state index is 0.0706. The molecule has 0 spiro atoms. The lowest BCUT2D eigenvalue weighted by Crippen LogP contribution is -2.32.